The van der Waals surface area contributed by atoms with Gasteiger partial charge in [0, 0.05) is 10.5 Å². The molecule has 0 atom stereocenters. The van der Waals surface area contributed by atoms with Crippen molar-refractivity contribution in [3.05, 3.63) is 35.9 Å². The van der Waals surface area contributed by atoms with Gasteiger partial charge in [-0.05, 0) is 17.8 Å². The zero-order chi connectivity index (χ0) is 13.7. The summed E-state index contributed by atoms with van der Waals surface area (Å²) < 4.78 is 10.2. The Morgan fingerprint density at radius 2 is 1.74 bits per heavy atom. The molecule has 0 unspecified atom stereocenters. The lowest BCUT2D eigenvalue weighted by Crippen LogP contribution is -1.96. The minimum absolute atomic E-state index is 0.415. The number of rotatable bonds is 5. The average molecular weight is 276 g/mol. The van der Waals surface area contributed by atoms with Crippen molar-refractivity contribution in [2.45, 2.75) is 10.1 Å². The van der Waals surface area contributed by atoms with E-state index >= 15 is 0 Å². The number of methoxy groups -OCH3 is 2. The zero-order valence-electron chi connectivity index (χ0n) is 10.5. The summed E-state index contributed by atoms with van der Waals surface area (Å²) in [5, 5.41) is 0.463. The molecule has 98 valence electrons. The second-order valence-corrected chi connectivity index (χ2v) is 4.50. The number of hydrogen-bond donors (Lipinski definition) is 0. The Labute approximate surface area is 115 Å². The smallest absolute Gasteiger partial charge is 0.220 e. The number of carbonyl (C=O) groups excluding carboxylic acids is 1. The topological polar surface area (TPSA) is 61.3 Å². The monoisotopic (exact) mass is 276 g/mol. The number of ether oxygens (including phenoxy) is 2. The van der Waals surface area contributed by atoms with Crippen LogP contribution in [0.2, 0.25) is 0 Å². The summed E-state index contributed by atoms with van der Waals surface area (Å²) in [4.78, 5) is 20.2. The van der Waals surface area contributed by atoms with E-state index in [1.807, 2.05) is 12.1 Å². The average Bonchev–Trinajstić information content (AvgIpc) is 2.47. The molecule has 0 aliphatic heterocycles. The largest absolute Gasteiger partial charge is 0.481 e. The van der Waals surface area contributed by atoms with Gasteiger partial charge in [0.05, 0.1) is 20.3 Å². The zero-order valence-corrected chi connectivity index (χ0v) is 11.3. The fourth-order valence-corrected chi connectivity index (χ4v) is 2.26. The molecule has 5 nitrogen and oxygen atoms in total. The molecule has 19 heavy (non-hydrogen) atoms. The van der Waals surface area contributed by atoms with Crippen molar-refractivity contribution in [2.24, 2.45) is 0 Å². The molecule has 0 aliphatic rings. The van der Waals surface area contributed by atoms with E-state index in [9.17, 15) is 4.79 Å². The summed E-state index contributed by atoms with van der Waals surface area (Å²) in [5.74, 6) is 0.830. The predicted octanol–water partition coefficient (Wildman–Crippen LogP) is 2.46. The molecule has 0 bridgehead atoms. The summed E-state index contributed by atoms with van der Waals surface area (Å²) in [7, 11) is 3.05. The van der Waals surface area contributed by atoms with E-state index in [2.05, 4.69) is 9.97 Å². The maximum absolute atomic E-state index is 11.0. The molecule has 6 heteroatoms. The molecule has 1 aromatic heterocycles. The van der Waals surface area contributed by atoms with Crippen LogP contribution in [0.15, 0.2) is 40.4 Å². The maximum Gasteiger partial charge on any atom is 0.220 e. The van der Waals surface area contributed by atoms with Crippen LogP contribution >= 0.6 is 11.8 Å². The van der Waals surface area contributed by atoms with E-state index in [0.29, 0.717) is 22.5 Å². The fraction of sp³-hybridized carbons (Fsp3) is 0.154. The maximum atomic E-state index is 11.0. The van der Waals surface area contributed by atoms with Crippen LogP contribution in [-0.4, -0.2) is 30.5 Å². The number of aromatic nitrogens is 2. The first-order valence-corrected chi connectivity index (χ1v) is 6.27. The molecule has 0 saturated carbocycles. The van der Waals surface area contributed by atoms with Gasteiger partial charge in [-0.25, -0.2) is 0 Å². The minimum Gasteiger partial charge on any atom is -0.481 e. The van der Waals surface area contributed by atoms with Crippen LogP contribution in [0.4, 0.5) is 0 Å². The highest BCUT2D eigenvalue weighted by Gasteiger charge is 2.09. The van der Waals surface area contributed by atoms with Crippen molar-refractivity contribution in [1.29, 1.82) is 0 Å². The number of benzene rings is 1. The van der Waals surface area contributed by atoms with Gasteiger partial charge < -0.3 is 9.47 Å². The predicted molar refractivity (Wildman–Crippen MR) is 71.1 cm³/mol. The second-order valence-electron chi connectivity index (χ2n) is 3.49. The summed E-state index contributed by atoms with van der Waals surface area (Å²) in [6.45, 7) is 0. The van der Waals surface area contributed by atoms with Crippen molar-refractivity contribution < 1.29 is 14.3 Å². The van der Waals surface area contributed by atoms with E-state index < -0.39 is 0 Å². The van der Waals surface area contributed by atoms with Gasteiger partial charge in [-0.1, -0.05) is 18.2 Å². The molecule has 1 aromatic carbocycles. The Hall–Kier alpha value is -2.08. The van der Waals surface area contributed by atoms with Crippen molar-refractivity contribution in [3.8, 4) is 11.8 Å². The van der Waals surface area contributed by atoms with Crippen molar-refractivity contribution in [2.75, 3.05) is 14.2 Å². The highest BCUT2D eigenvalue weighted by Crippen LogP contribution is 2.29. The van der Waals surface area contributed by atoms with Crippen molar-refractivity contribution in [1.82, 2.24) is 9.97 Å². The molecular weight excluding hydrogens is 264 g/mol. The van der Waals surface area contributed by atoms with Gasteiger partial charge in [-0.15, -0.1) is 0 Å². The molecule has 0 amide bonds. The Morgan fingerprint density at radius 3 is 2.32 bits per heavy atom. The van der Waals surface area contributed by atoms with E-state index in [0.717, 1.165) is 11.2 Å². The number of nitrogens with zero attached hydrogens (tertiary/aromatic N) is 2. The van der Waals surface area contributed by atoms with Gasteiger partial charge in [0.25, 0.3) is 0 Å². The number of carbonyl (C=O) groups is 1. The molecule has 2 rings (SSSR count). The third kappa shape index (κ3) is 3.23. The van der Waals surface area contributed by atoms with Gasteiger partial charge in [-0.2, -0.15) is 9.97 Å². The van der Waals surface area contributed by atoms with Gasteiger partial charge in [0.2, 0.25) is 11.8 Å². The molecule has 2 aromatic rings. The van der Waals surface area contributed by atoms with Crippen LogP contribution in [-0.2, 0) is 0 Å². The van der Waals surface area contributed by atoms with E-state index in [-0.39, 0.29) is 0 Å². The van der Waals surface area contributed by atoms with Crippen LogP contribution < -0.4 is 9.47 Å². The molecule has 0 saturated heterocycles. The first-order chi connectivity index (χ1) is 9.26. The third-order valence-electron chi connectivity index (χ3n) is 2.32. The summed E-state index contributed by atoms with van der Waals surface area (Å²) in [6, 6.07) is 8.83. The lowest BCUT2D eigenvalue weighted by Gasteiger charge is -2.06. The fourth-order valence-electron chi connectivity index (χ4n) is 1.41. The molecule has 0 radical (unpaired) electrons. The first kappa shape index (κ1) is 13.4. The quantitative estimate of drug-likeness (QED) is 0.617. The molecular formula is C13H12N2O3S. The lowest BCUT2D eigenvalue weighted by molar-refractivity contribution is 0.112. The number of hydrogen-bond acceptors (Lipinski definition) is 6. The Kier molecular flexibility index (Phi) is 4.35. The van der Waals surface area contributed by atoms with Crippen LogP contribution in [0, 0.1) is 0 Å². The highest BCUT2D eigenvalue weighted by molar-refractivity contribution is 7.99. The van der Waals surface area contributed by atoms with Crippen molar-refractivity contribution in [3.63, 3.8) is 0 Å². The third-order valence-corrected chi connectivity index (χ3v) is 3.28. The van der Waals surface area contributed by atoms with E-state index in [1.54, 1.807) is 18.2 Å². The standard InChI is InChI=1S/C13H12N2O3S/c1-17-11-7-12(18-2)15-13(14-11)19-10-6-4-3-5-9(10)8-16/h3-8H,1-2H3. The van der Waals surface area contributed by atoms with Crippen LogP contribution in [0.25, 0.3) is 0 Å². The van der Waals surface area contributed by atoms with E-state index in [1.165, 1.54) is 26.0 Å². The molecule has 1 heterocycles. The Balaban J connectivity index is 2.34. The first-order valence-electron chi connectivity index (χ1n) is 5.46. The van der Waals surface area contributed by atoms with E-state index in [4.69, 9.17) is 9.47 Å². The van der Waals surface area contributed by atoms with Crippen molar-refractivity contribution >= 4 is 18.0 Å². The normalized spacial score (nSPS) is 10.0. The molecule has 0 N–H and O–H groups in total. The van der Waals surface area contributed by atoms with Gasteiger partial charge in [-0.3, -0.25) is 4.79 Å². The molecule has 0 spiro atoms. The summed E-state index contributed by atoms with van der Waals surface area (Å²) in [6.07, 6.45) is 0.805. The van der Waals surface area contributed by atoms with Gasteiger partial charge in [0.15, 0.2) is 11.4 Å². The molecule has 0 aliphatic carbocycles. The molecule has 0 fully saturated rings. The van der Waals surface area contributed by atoms with Crippen LogP contribution in [0.3, 0.4) is 0 Å². The SMILES string of the molecule is COc1cc(OC)nc(Sc2ccccc2C=O)n1. The second kappa shape index (κ2) is 6.19. The Bertz CT molecular complexity index is 568. The van der Waals surface area contributed by atoms with Gasteiger partial charge in [0.1, 0.15) is 0 Å². The Morgan fingerprint density at radius 1 is 1.11 bits per heavy atom. The number of aldehydes is 1. The van der Waals surface area contributed by atoms with Gasteiger partial charge >= 0.3 is 0 Å². The van der Waals surface area contributed by atoms with Crippen LogP contribution in [0.5, 0.6) is 11.8 Å². The minimum atomic E-state index is 0.415. The lowest BCUT2D eigenvalue weighted by atomic mass is 10.2. The highest BCUT2D eigenvalue weighted by atomic mass is 32.2. The summed E-state index contributed by atoms with van der Waals surface area (Å²) >= 11 is 1.28. The summed E-state index contributed by atoms with van der Waals surface area (Å²) in [5.41, 5.74) is 0.595. The van der Waals surface area contributed by atoms with Crippen LogP contribution in [0.1, 0.15) is 10.4 Å².